The van der Waals surface area contributed by atoms with E-state index in [1.54, 1.807) is 6.07 Å². The predicted octanol–water partition coefficient (Wildman–Crippen LogP) is 3.82. The second kappa shape index (κ2) is 4.69. The van der Waals surface area contributed by atoms with Crippen molar-refractivity contribution in [1.82, 2.24) is 0 Å². The zero-order valence-electron chi connectivity index (χ0n) is 8.18. The van der Waals surface area contributed by atoms with Crippen LogP contribution in [0.15, 0.2) is 22.7 Å². The van der Waals surface area contributed by atoms with Gasteiger partial charge < -0.3 is 0 Å². The average Bonchev–Trinajstić information content (AvgIpc) is 2.19. The van der Waals surface area contributed by atoms with Crippen LogP contribution in [-0.4, -0.2) is 5.78 Å². The molecule has 0 aliphatic heterocycles. The van der Waals surface area contributed by atoms with Crippen molar-refractivity contribution in [3.63, 3.8) is 0 Å². The summed E-state index contributed by atoms with van der Waals surface area (Å²) in [5.74, 6) is -0.452. The van der Waals surface area contributed by atoms with E-state index in [2.05, 4.69) is 15.9 Å². The van der Waals surface area contributed by atoms with Gasteiger partial charge in [-0.15, -0.1) is 0 Å². The summed E-state index contributed by atoms with van der Waals surface area (Å²) in [6, 6.07) is 4.17. The summed E-state index contributed by atoms with van der Waals surface area (Å²) in [6.07, 6.45) is 0.766. The minimum absolute atomic E-state index is 0.0149. The minimum atomic E-state index is -0.375. The van der Waals surface area contributed by atoms with E-state index in [1.807, 2.05) is 13.8 Å². The molecule has 0 aromatic heterocycles. The van der Waals surface area contributed by atoms with Crippen LogP contribution >= 0.6 is 15.9 Å². The lowest BCUT2D eigenvalue weighted by Gasteiger charge is -2.08. The summed E-state index contributed by atoms with van der Waals surface area (Å²) in [4.78, 5) is 11.8. The number of halogens is 2. The molecule has 0 aliphatic carbocycles. The Morgan fingerprint density at radius 2 is 2.21 bits per heavy atom. The topological polar surface area (TPSA) is 17.1 Å². The van der Waals surface area contributed by atoms with Crippen LogP contribution in [-0.2, 0) is 0 Å². The molecule has 0 saturated carbocycles. The summed E-state index contributed by atoms with van der Waals surface area (Å²) < 4.78 is 13.6. The Kier molecular flexibility index (Phi) is 3.81. The summed E-state index contributed by atoms with van der Waals surface area (Å²) in [5.41, 5.74) is 0.430. The molecule has 0 spiro atoms. The average molecular weight is 259 g/mol. The molecule has 1 nitrogen and oxygen atoms in total. The molecule has 76 valence electrons. The second-order valence-corrected chi connectivity index (χ2v) is 4.15. The third-order valence-corrected chi connectivity index (χ3v) is 2.95. The van der Waals surface area contributed by atoms with Gasteiger partial charge in [0.25, 0.3) is 0 Å². The normalized spacial score (nSPS) is 12.6. The van der Waals surface area contributed by atoms with Crippen molar-refractivity contribution in [3.8, 4) is 0 Å². The van der Waals surface area contributed by atoms with E-state index >= 15 is 0 Å². The number of benzene rings is 1. The first kappa shape index (κ1) is 11.4. The highest BCUT2D eigenvalue weighted by atomic mass is 79.9. The smallest absolute Gasteiger partial charge is 0.166 e. The number of ketones is 1. The van der Waals surface area contributed by atoms with E-state index in [0.717, 1.165) is 6.42 Å². The van der Waals surface area contributed by atoms with E-state index in [9.17, 15) is 9.18 Å². The number of hydrogen-bond donors (Lipinski definition) is 0. The van der Waals surface area contributed by atoms with E-state index in [1.165, 1.54) is 12.1 Å². The summed E-state index contributed by atoms with van der Waals surface area (Å²) in [7, 11) is 0. The van der Waals surface area contributed by atoms with Gasteiger partial charge in [-0.1, -0.05) is 29.8 Å². The third kappa shape index (κ3) is 2.41. The first-order valence-corrected chi connectivity index (χ1v) is 5.34. The quantitative estimate of drug-likeness (QED) is 0.754. The van der Waals surface area contributed by atoms with E-state index in [0.29, 0.717) is 10.0 Å². The minimum Gasteiger partial charge on any atom is -0.294 e. The number of hydrogen-bond acceptors (Lipinski definition) is 1. The van der Waals surface area contributed by atoms with Crippen LogP contribution in [0.3, 0.4) is 0 Å². The zero-order valence-corrected chi connectivity index (χ0v) is 9.77. The Balaban J connectivity index is 3.06. The van der Waals surface area contributed by atoms with Crippen LogP contribution in [0.25, 0.3) is 0 Å². The number of rotatable bonds is 3. The van der Waals surface area contributed by atoms with Crippen LogP contribution in [0.2, 0.25) is 0 Å². The van der Waals surface area contributed by atoms with Crippen molar-refractivity contribution in [2.24, 2.45) is 5.92 Å². The summed E-state index contributed by atoms with van der Waals surface area (Å²) in [5, 5.41) is 0. The molecule has 0 aliphatic rings. The highest BCUT2D eigenvalue weighted by Gasteiger charge is 2.16. The van der Waals surface area contributed by atoms with E-state index in [4.69, 9.17) is 0 Å². The first-order chi connectivity index (χ1) is 6.56. The fourth-order valence-corrected chi connectivity index (χ4v) is 1.58. The fourth-order valence-electron chi connectivity index (χ4n) is 1.14. The van der Waals surface area contributed by atoms with Crippen molar-refractivity contribution >= 4 is 21.7 Å². The summed E-state index contributed by atoms with van der Waals surface area (Å²) in [6.45, 7) is 3.79. The molecule has 1 aromatic rings. The Morgan fingerprint density at radius 3 is 2.79 bits per heavy atom. The van der Waals surface area contributed by atoms with Gasteiger partial charge >= 0.3 is 0 Å². The highest BCUT2D eigenvalue weighted by molar-refractivity contribution is 9.10. The maximum Gasteiger partial charge on any atom is 0.166 e. The van der Waals surface area contributed by atoms with Gasteiger partial charge in [-0.25, -0.2) is 4.39 Å². The maximum atomic E-state index is 12.9. The molecule has 0 radical (unpaired) electrons. The van der Waals surface area contributed by atoms with Crippen LogP contribution in [0.4, 0.5) is 4.39 Å². The molecule has 1 unspecified atom stereocenters. The number of carbonyl (C=O) groups is 1. The number of carbonyl (C=O) groups excluding carboxylic acids is 1. The third-order valence-electron chi connectivity index (χ3n) is 2.25. The monoisotopic (exact) mass is 258 g/mol. The molecule has 1 aromatic carbocycles. The van der Waals surface area contributed by atoms with Gasteiger partial charge in [0.2, 0.25) is 0 Å². The van der Waals surface area contributed by atoms with E-state index < -0.39 is 0 Å². The Labute approximate surface area is 91.5 Å². The molecular formula is C11H12BrFO. The van der Waals surface area contributed by atoms with Gasteiger partial charge in [0.05, 0.1) is 0 Å². The van der Waals surface area contributed by atoms with Gasteiger partial charge in [0, 0.05) is 16.0 Å². The van der Waals surface area contributed by atoms with Crippen LogP contribution in [0, 0.1) is 11.7 Å². The van der Waals surface area contributed by atoms with Crippen LogP contribution in [0.1, 0.15) is 30.6 Å². The first-order valence-electron chi connectivity index (χ1n) is 4.55. The number of Topliss-reactive ketones (excluding diaryl/α,β-unsaturated/α-hetero) is 1. The zero-order chi connectivity index (χ0) is 10.7. The van der Waals surface area contributed by atoms with Gasteiger partial charge in [-0.05, 0) is 24.6 Å². The van der Waals surface area contributed by atoms with Crippen LogP contribution < -0.4 is 0 Å². The van der Waals surface area contributed by atoms with Crippen molar-refractivity contribution < 1.29 is 9.18 Å². The molecule has 0 fully saturated rings. The molecule has 0 saturated heterocycles. The standard InChI is InChI=1S/C11H12BrFO/c1-3-7(2)11(14)9-6-8(13)4-5-10(9)12/h4-7H,3H2,1-2H3. The molecular weight excluding hydrogens is 247 g/mol. The summed E-state index contributed by atoms with van der Waals surface area (Å²) >= 11 is 3.24. The Hall–Kier alpha value is -0.700. The fraction of sp³-hybridized carbons (Fsp3) is 0.364. The molecule has 14 heavy (non-hydrogen) atoms. The van der Waals surface area contributed by atoms with Crippen molar-refractivity contribution in [1.29, 1.82) is 0 Å². The van der Waals surface area contributed by atoms with Gasteiger partial charge in [0.1, 0.15) is 5.82 Å². The molecule has 3 heteroatoms. The van der Waals surface area contributed by atoms with Gasteiger partial charge in [-0.2, -0.15) is 0 Å². The van der Waals surface area contributed by atoms with Crippen LogP contribution in [0.5, 0.6) is 0 Å². The molecule has 0 bridgehead atoms. The molecule has 0 heterocycles. The van der Waals surface area contributed by atoms with Crippen molar-refractivity contribution in [3.05, 3.63) is 34.1 Å². The lowest BCUT2D eigenvalue weighted by Crippen LogP contribution is -2.11. The maximum absolute atomic E-state index is 12.9. The second-order valence-electron chi connectivity index (χ2n) is 3.30. The van der Waals surface area contributed by atoms with Crippen molar-refractivity contribution in [2.75, 3.05) is 0 Å². The lowest BCUT2D eigenvalue weighted by atomic mass is 9.97. The van der Waals surface area contributed by atoms with Crippen molar-refractivity contribution in [2.45, 2.75) is 20.3 Å². The SMILES string of the molecule is CCC(C)C(=O)c1cc(F)ccc1Br. The lowest BCUT2D eigenvalue weighted by molar-refractivity contribution is 0.0926. The molecule has 1 atom stereocenters. The van der Waals surface area contributed by atoms with Gasteiger partial charge in [0.15, 0.2) is 5.78 Å². The Morgan fingerprint density at radius 1 is 1.57 bits per heavy atom. The molecule has 0 N–H and O–H groups in total. The highest BCUT2D eigenvalue weighted by Crippen LogP contribution is 2.22. The predicted molar refractivity (Wildman–Crippen MR) is 57.9 cm³/mol. The molecule has 1 rings (SSSR count). The van der Waals surface area contributed by atoms with Gasteiger partial charge in [-0.3, -0.25) is 4.79 Å². The largest absolute Gasteiger partial charge is 0.294 e. The Bertz CT molecular complexity index is 349. The molecule has 0 amide bonds. The van der Waals surface area contributed by atoms with E-state index in [-0.39, 0.29) is 17.5 Å².